The number of thiophene rings is 1. The maximum absolute atomic E-state index is 11.4. The molecule has 2 heterocycles. The Hall–Kier alpha value is -1.47. The van der Waals surface area contributed by atoms with E-state index in [2.05, 4.69) is 0 Å². The molecule has 1 saturated heterocycles. The lowest BCUT2D eigenvalue weighted by Crippen LogP contribution is -2.54. The van der Waals surface area contributed by atoms with Crippen molar-refractivity contribution in [3.63, 3.8) is 0 Å². The highest BCUT2D eigenvalue weighted by Crippen LogP contribution is 2.31. The van der Waals surface area contributed by atoms with Crippen LogP contribution in [0.3, 0.4) is 0 Å². The van der Waals surface area contributed by atoms with E-state index in [4.69, 9.17) is 0 Å². The number of aliphatic carboxylic acids is 1. The van der Waals surface area contributed by atoms with Crippen molar-refractivity contribution in [1.29, 1.82) is 0 Å². The molecule has 7 heteroatoms. The van der Waals surface area contributed by atoms with Gasteiger partial charge in [0.05, 0.1) is 4.92 Å². The minimum Gasteiger partial charge on any atom is -0.480 e. The van der Waals surface area contributed by atoms with E-state index in [1.165, 1.54) is 6.07 Å². The van der Waals surface area contributed by atoms with Crippen LogP contribution in [-0.4, -0.2) is 33.0 Å². The van der Waals surface area contributed by atoms with Crippen LogP contribution in [0, 0.1) is 10.1 Å². The van der Waals surface area contributed by atoms with Gasteiger partial charge in [-0.2, -0.15) is 0 Å². The van der Waals surface area contributed by atoms with Crippen molar-refractivity contribution in [3.05, 3.63) is 27.1 Å². The molecule has 0 radical (unpaired) electrons. The SMILES string of the molecule is CC1(C(=O)O)CCCCN1Cc1csc([N+](=O)[O-])c1. The molecule has 0 saturated carbocycles. The van der Waals surface area contributed by atoms with Gasteiger partial charge in [0.25, 0.3) is 0 Å². The molecular weight excluding hydrogens is 268 g/mol. The van der Waals surface area contributed by atoms with Gasteiger partial charge in [0, 0.05) is 18.0 Å². The number of rotatable bonds is 4. The molecule has 1 aliphatic rings. The number of carboxylic acids is 1. The van der Waals surface area contributed by atoms with E-state index in [0.29, 0.717) is 19.5 Å². The maximum Gasteiger partial charge on any atom is 0.324 e. The Kier molecular flexibility index (Phi) is 3.86. The van der Waals surface area contributed by atoms with E-state index in [9.17, 15) is 20.0 Å². The van der Waals surface area contributed by atoms with Gasteiger partial charge in [-0.15, -0.1) is 0 Å². The molecule has 1 aromatic heterocycles. The second-order valence-corrected chi connectivity index (χ2v) is 5.90. The molecule has 0 spiro atoms. The highest BCUT2D eigenvalue weighted by molar-refractivity contribution is 7.13. The first-order chi connectivity index (χ1) is 8.93. The fraction of sp³-hybridized carbons (Fsp3) is 0.583. The van der Waals surface area contributed by atoms with Gasteiger partial charge in [0.2, 0.25) is 0 Å². The molecular formula is C12H16N2O4S. The van der Waals surface area contributed by atoms with Crippen molar-refractivity contribution in [3.8, 4) is 0 Å². The van der Waals surface area contributed by atoms with Gasteiger partial charge in [-0.05, 0) is 38.3 Å². The molecule has 0 amide bonds. The van der Waals surface area contributed by atoms with Crippen molar-refractivity contribution in [2.75, 3.05) is 6.54 Å². The summed E-state index contributed by atoms with van der Waals surface area (Å²) in [6, 6.07) is 1.53. The first-order valence-electron chi connectivity index (χ1n) is 6.14. The number of nitrogens with zero attached hydrogens (tertiary/aromatic N) is 2. The topological polar surface area (TPSA) is 83.7 Å². The summed E-state index contributed by atoms with van der Waals surface area (Å²) in [4.78, 5) is 23.6. The predicted molar refractivity (Wildman–Crippen MR) is 71.3 cm³/mol. The van der Waals surface area contributed by atoms with Crippen molar-refractivity contribution >= 4 is 22.3 Å². The van der Waals surface area contributed by atoms with Crippen molar-refractivity contribution < 1.29 is 14.8 Å². The van der Waals surface area contributed by atoms with E-state index in [1.807, 2.05) is 4.90 Å². The number of piperidine rings is 1. The van der Waals surface area contributed by atoms with Gasteiger partial charge < -0.3 is 5.11 Å². The lowest BCUT2D eigenvalue weighted by molar-refractivity contribution is -0.380. The van der Waals surface area contributed by atoms with Crippen LogP contribution in [0.15, 0.2) is 11.4 Å². The second-order valence-electron chi connectivity index (χ2n) is 5.01. The fourth-order valence-corrected chi connectivity index (χ4v) is 3.15. The molecule has 1 unspecified atom stereocenters. The number of carbonyl (C=O) groups is 1. The molecule has 1 atom stereocenters. The van der Waals surface area contributed by atoms with Crippen LogP contribution >= 0.6 is 11.3 Å². The molecule has 0 aromatic carbocycles. The Balaban J connectivity index is 2.15. The third-order valence-corrected chi connectivity index (χ3v) is 4.62. The van der Waals surface area contributed by atoms with Crippen LogP contribution in [0.4, 0.5) is 5.00 Å². The summed E-state index contributed by atoms with van der Waals surface area (Å²) >= 11 is 1.08. The molecule has 0 bridgehead atoms. The Bertz CT molecular complexity index is 502. The number of nitro groups is 1. The quantitative estimate of drug-likeness (QED) is 0.678. The predicted octanol–water partition coefficient (Wildman–Crippen LogP) is 2.49. The second kappa shape index (κ2) is 5.26. The van der Waals surface area contributed by atoms with E-state index >= 15 is 0 Å². The fourth-order valence-electron chi connectivity index (χ4n) is 2.43. The van der Waals surface area contributed by atoms with Crippen LogP contribution in [-0.2, 0) is 11.3 Å². The maximum atomic E-state index is 11.4. The van der Waals surface area contributed by atoms with Crippen molar-refractivity contribution in [1.82, 2.24) is 4.90 Å². The third-order valence-electron chi connectivity index (χ3n) is 3.69. The summed E-state index contributed by atoms with van der Waals surface area (Å²) in [6.07, 6.45) is 2.49. The molecule has 1 fully saturated rings. The summed E-state index contributed by atoms with van der Waals surface area (Å²) in [7, 11) is 0. The smallest absolute Gasteiger partial charge is 0.324 e. The van der Waals surface area contributed by atoms with Gasteiger partial charge in [-0.1, -0.05) is 11.3 Å². The lowest BCUT2D eigenvalue weighted by atomic mass is 9.88. The number of carboxylic acid groups (broad SMARTS) is 1. The highest BCUT2D eigenvalue weighted by atomic mass is 32.1. The van der Waals surface area contributed by atoms with Crippen LogP contribution in [0.5, 0.6) is 0 Å². The molecule has 104 valence electrons. The molecule has 1 aromatic rings. The molecule has 6 nitrogen and oxygen atoms in total. The van der Waals surface area contributed by atoms with Crippen LogP contribution in [0.25, 0.3) is 0 Å². The normalized spacial score (nSPS) is 24.3. The molecule has 0 aliphatic carbocycles. The zero-order valence-corrected chi connectivity index (χ0v) is 11.5. The summed E-state index contributed by atoms with van der Waals surface area (Å²) in [6.45, 7) is 2.90. The third kappa shape index (κ3) is 2.76. The molecule has 1 aliphatic heterocycles. The average molecular weight is 284 g/mol. The summed E-state index contributed by atoms with van der Waals surface area (Å²) in [5.41, 5.74) is -0.0549. The standard InChI is InChI=1S/C12H16N2O4S/c1-12(11(15)16)4-2-3-5-13(12)7-9-6-10(14(17)18)19-8-9/h6,8H,2-5,7H2,1H3,(H,15,16). The monoisotopic (exact) mass is 284 g/mol. The number of hydrogen-bond donors (Lipinski definition) is 1. The molecule has 19 heavy (non-hydrogen) atoms. The molecule has 2 rings (SSSR count). The first kappa shape index (κ1) is 14.0. The number of hydrogen-bond acceptors (Lipinski definition) is 5. The van der Waals surface area contributed by atoms with E-state index in [0.717, 1.165) is 29.7 Å². The van der Waals surface area contributed by atoms with Crippen LogP contribution in [0.2, 0.25) is 0 Å². The minimum atomic E-state index is -0.866. The van der Waals surface area contributed by atoms with Gasteiger partial charge >= 0.3 is 11.0 Å². The van der Waals surface area contributed by atoms with Gasteiger partial charge in [-0.25, -0.2) is 0 Å². The van der Waals surface area contributed by atoms with Crippen molar-refractivity contribution in [2.45, 2.75) is 38.3 Å². The van der Waals surface area contributed by atoms with Gasteiger partial charge in [0.1, 0.15) is 5.54 Å². The summed E-state index contributed by atoms with van der Waals surface area (Å²) in [5.74, 6) is -0.822. The van der Waals surface area contributed by atoms with Crippen LogP contribution in [0.1, 0.15) is 31.7 Å². The lowest BCUT2D eigenvalue weighted by Gasteiger charge is -2.41. The zero-order chi connectivity index (χ0) is 14.0. The largest absolute Gasteiger partial charge is 0.480 e. The molecule has 1 N–H and O–H groups in total. The average Bonchev–Trinajstić information content (AvgIpc) is 2.81. The Labute approximate surface area is 114 Å². The highest BCUT2D eigenvalue weighted by Gasteiger charge is 2.41. The Morgan fingerprint density at radius 2 is 2.37 bits per heavy atom. The first-order valence-corrected chi connectivity index (χ1v) is 7.02. The van der Waals surface area contributed by atoms with Gasteiger partial charge in [-0.3, -0.25) is 19.8 Å². The van der Waals surface area contributed by atoms with E-state index in [1.54, 1.807) is 12.3 Å². The van der Waals surface area contributed by atoms with Gasteiger partial charge in [0.15, 0.2) is 0 Å². The Morgan fingerprint density at radius 3 is 2.95 bits per heavy atom. The Morgan fingerprint density at radius 1 is 1.63 bits per heavy atom. The summed E-state index contributed by atoms with van der Waals surface area (Å²) in [5, 5.41) is 21.9. The van der Waals surface area contributed by atoms with E-state index < -0.39 is 16.4 Å². The van der Waals surface area contributed by atoms with Crippen molar-refractivity contribution in [2.24, 2.45) is 0 Å². The number of likely N-dealkylation sites (tertiary alicyclic amines) is 1. The van der Waals surface area contributed by atoms with Crippen LogP contribution < -0.4 is 0 Å². The summed E-state index contributed by atoms with van der Waals surface area (Å²) < 4.78 is 0. The van der Waals surface area contributed by atoms with E-state index in [-0.39, 0.29) is 5.00 Å². The zero-order valence-electron chi connectivity index (χ0n) is 10.7. The minimum absolute atomic E-state index is 0.101.